The van der Waals surface area contributed by atoms with Crippen molar-refractivity contribution in [1.29, 1.82) is 0 Å². The Hall–Kier alpha value is -9.30. The van der Waals surface area contributed by atoms with E-state index in [2.05, 4.69) is 278 Å². The molecular formula is C72H45N. The van der Waals surface area contributed by atoms with E-state index >= 15 is 0 Å². The molecule has 0 aromatic heterocycles. The first kappa shape index (κ1) is 40.4. The minimum Gasteiger partial charge on any atom is -0.310 e. The predicted octanol–water partition coefficient (Wildman–Crippen LogP) is 18.3. The number of fused-ring (bicyclic) bond motifs is 21. The van der Waals surface area contributed by atoms with Crippen molar-refractivity contribution in [1.82, 2.24) is 0 Å². The lowest BCUT2D eigenvalue weighted by Crippen LogP contribution is -2.26. The van der Waals surface area contributed by atoms with Crippen molar-refractivity contribution in [3.63, 3.8) is 0 Å². The van der Waals surface area contributed by atoms with Crippen LogP contribution in [0.15, 0.2) is 273 Å². The van der Waals surface area contributed by atoms with Gasteiger partial charge in [-0.15, -0.1) is 0 Å². The molecule has 0 heterocycles. The molecule has 0 fully saturated rings. The summed E-state index contributed by atoms with van der Waals surface area (Å²) in [7, 11) is 0. The third-order valence-corrected chi connectivity index (χ3v) is 16.9. The Bertz CT molecular complexity index is 4160. The molecule has 0 radical (unpaired) electrons. The maximum absolute atomic E-state index is 2.53. The maximum atomic E-state index is 2.53. The summed E-state index contributed by atoms with van der Waals surface area (Å²) in [5.41, 5.74) is 28.6. The summed E-state index contributed by atoms with van der Waals surface area (Å²) in [5.74, 6) is 0. The van der Waals surface area contributed by atoms with Gasteiger partial charge in [-0.1, -0.05) is 237 Å². The molecule has 4 aliphatic rings. The van der Waals surface area contributed by atoms with Gasteiger partial charge in [-0.05, 0) is 153 Å². The molecule has 73 heavy (non-hydrogen) atoms. The summed E-state index contributed by atoms with van der Waals surface area (Å²) in [6.07, 6.45) is 0. The maximum Gasteiger partial charge on any atom is 0.0726 e. The van der Waals surface area contributed by atoms with Crippen molar-refractivity contribution in [3.8, 4) is 66.8 Å². The van der Waals surface area contributed by atoms with Gasteiger partial charge in [0.25, 0.3) is 0 Å². The predicted molar refractivity (Wildman–Crippen MR) is 302 cm³/mol. The first-order valence-electron chi connectivity index (χ1n) is 25.6. The molecule has 12 aromatic carbocycles. The molecule has 0 saturated heterocycles. The molecule has 1 heteroatoms. The van der Waals surface area contributed by atoms with Crippen LogP contribution < -0.4 is 4.90 Å². The van der Waals surface area contributed by atoms with Crippen LogP contribution in [-0.4, -0.2) is 0 Å². The van der Waals surface area contributed by atoms with Gasteiger partial charge in [0.2, 0.25) is 0 Å². The van der Waals surface area contributed by atoms with E-state index in [-0.39, 0.29) is 0 Å². The molecule has 338 valence electrons. The fraction of sp³-hybridized carbons (Fsp3) is 0.0278. The van der Waals surface area contributed by atoms with Crippen LogP contribution in [0.3, 0.4) is 0 Å². The summed E-state index contributed by atoms with van der Waals surface area (Å²) in [6.45, 7) is 0. The molecular weight excluding hydrogens is 879 g/mol. The van der Waals surface area contributed by atoms with E-state index in [9.17, 15) is 0 Å². The first-order valence-corrected chi connectivity index (χ1v) is 25.6. The Morgan fingerprint density at radius 2 is 0.644 bits per heavy atom. The van der Waals surface area contributed by atoms with E-state index in [4.69, 9.17) is 0 Å². The molecule has 0 atom stereocenters. The van der Waals surface area contributed by atoms with Crippen molar-refractivity contribution in [2.45, 2.75) is 10.8 Å². The molecule has 1 nitrogen and oxygen atoms in total. The third-order valence-electron chi connectivity index (χ3n) is 16.9. The highest BCUT2D eigenvalue weighted by molar-refractivity contribution is 6.06. The summed E-state index contributed by atoms with van der Waals surface area (Å²) in [6, 6.07) is 103. The Morgan fingerprint density at radius 1 is 0.233 bits per heavy atom. The number of anilines is 3. The summed E-state index contributed by atoms with van der Waals surface area (Å²) in [4.78, 5) is 2.47. The van der Waals surface area contributed by atoms with Crippen LogP contribution in [0, 0.1) is 0 Å². The quantitative estimate of drug-likeness (QED) is 0.166. The Balaban J connectivity index is 0.879. The number of nitrogens with zero attached hydrogens (tertiary/aromatic N) is 1. The highest BCUT2D eigenvalue weighted by atomic mass is 15.1. The van der Waals surface area contributed by atoms with Gasteiger partial charge in [0.15, 0.2) is 0 Å². The van der Waals surface area contributed by atoms with Crippen LogP contribution in [0.1, 0.15) is 44.5 Å². The summed E-state index contributed by atoms with van der Waals surface area (Å²) >= 11 is 0. The third kappa shape index (κ3) is 5.25. The van der Waals surface area contributed by atoms with Gasteiger partial charge in [-0.25, -0.2) is 0 Å². The molecule has 0 bridgehead atoms. The van der Waals surface area contributed by atoms with Crippen LogP contribution >= 0.6 is 0 Å². The lowest BCUT2D eigenvalue weighted by atomic mass is 9.70. The second-order valence-corrected chi connectivity index (χ2v) is 20.2. The molecule has 2 spiro atoms. The van der Waals surface area contributed by atoms with Crippen molar-refractivity contribution in [3.05, 3.63) is 317 Å². The van der Waals surface area contributed by atoms with Crippen molar-refractivity contribution >= 4 is 27.8 Å². The van der Waals surface area contributed by atoms with Crippen LogP contribution in [-0.2, 0) is 10.8 Å². The van der Waals surface area contributed by atoms with Crippen LogP contribution in [0.2, 0.25) is 0 Å². The Labute approximate surface area is 425 Å². The monoisotopic (exact) mass is 923 g/mol. The van der Waals surface area contributed by atoms with Gasteiger partial charge in [0.1, 0.15) is 0 Å². The van der Waals surface area contributed by atoms with Crippen molar-refractivity contribution in [2.75, 3.05) is 4.90 Å². The van der Waals surface area contributed by atoms with E-state index in [1.165, 1.54) is 122 Å². The number of benzene rings is 12. The minimum atomic E-state index is -0.432. The minimum absolute atomic E-state index is 0.426. The summed E-state index contributed by atoms with van der Waals surface area (Å²) < 4.78 is 0. The Kier molecular flexibility index (Phi) is 8.37. The lowest BCUT2D eigenvalue weighted by molar-refractivity contribution is 0.794. The zero-order valence-electron chi connectivity index (χ0n) is 39.9. The van der Waals surface area contributed by atoms with E-state index < -0.39 is 10.8 Å². The largest absolute Gasteiger partial charge is 0.310 e. The smallest absolute Gasteiger partial charge is 0.0726 e. The van der Waals surface area contributed by atoms with Gasteiger partial charge in [-0.2, -0.15) is 0 Å². The van der Waals surface area contributed by atoms with Crippen molar-refractivity contribution < 1.29 is 0 Å². The van der Waals surface area contributed by atoms with Gasteiger partial charge in [0.05, 0.1) is 16.5 Å². The molecule has 16 rings (SSSR count). The fourth-order valence-corrected chi connectivity index (χ4v) is 14.2. The van der Waals surface area contributed by atoms with Crippen LogP contribution in [0.25, 0.3) is 77.5 Å². The highest BCUT2D eigenvalue weighted by Crippen LogP contribution is 2.66. The van der Waals surface area contributed by atoms with E-state index in [1.807, 2.05) is 0 Å². The molecule has 0 unspecified atom stereocenters. The zero-order valence-corrected chi connectivity index (χ0v) is 39.9. The molecule has 0 N–H and O–H groups in total. The van der Waals surface area contributed by atoms with E-state index in [0.29, 0.717) is 0 Å². The average Bonchev–Trinajstić information content (AvgIpc) is 4.25. The van der Waals surface area contributed by atoms with Gasteiger partial charge < -0.3 is 4.90 Å². The lowest BCUT2D eigenvalue weighted by Gasteiger charge is -2.32. The average molecular weight is 924 g/mol. The van der Waals surface area contributed by atoms with E-state index in [1.54, 1.807) is 0 Å². The highest BCUT2D eigenvalue weighted by Gasteiger charge is 2.53. The Morgan fingerprint density at radius 3 is 1.22 bits per heavy atom. The molecule has 0 saturated carbocycles. The van der Waals surface area contributed by atoms with Gasteiger partial charge in [-0.3, -0.25) is 0 Å². The van der Waals surface area contributed by atoms with Crippen molar-refractivity contribution in [2.24, 2.45) is 0 Å². The number of hydrogen-bond acceptors (Lipinski definition) is 1. The molecule has 0 amide bonds. The molecule has 12 aromatic rings. The van der Waals surface area contributed by atoms with Gasteiger partial charge in [0, 0.05) is 16.9 Å². The number of rotatable bonds is 5. The second kappa shape index (κ2) is 15.1. The topological polar surface area (TPSA) is 3.24 Å². The zero-order chi connectivity index (χ0) is 47.8. The molecule has 4 aliphatic carbocycles. The van der Waals surface area contributed by atoms with Gasteiger partial charge >= 0.3 is 0 Å². The standard InChI is InChI=1S/C72H45N/c1-2-20-49(21-3-1)73(68-36-18-35-66-70(68)59-28-11-17-34-65(59)71(66)60-29-12-6-23-53(60)54-24-7-13-30-61(54)71)50-41-37-47(38-42-50)52-43-39-46-19-4-5-22-51(46)69(52)48-40-44-58-57-27-10-16-33-64(57)72(67(58)45-48)62-31-14-8-25-55(62)56-26-9-15-32-63(56)72/h1-45H. The second-order valence-electron chi connectivity index (χ2n) is 20.2. The number of hydrogen-bond donors (Lipinski definition) is 0. The first-order chi connectivity index (χ1) is 36.2. The van der Waals surface area contributed by atoms with Crippen LogP contribution in [0.4, 0.5) is 17.1 Å². The van der Waals surface area contributed by atoms with E-state index in [0.717, 1.165) is 17.1 Å². The fourth-order valence-electron chi connectivity index (χ4n) is 14.2. The normalized spacial score (nSPS) is 14.0. The summed E-state index contributed by atoms with van der Waals surface area (Å²) in [5, 5.41) is 2.47. The SMILES string of the molecule is c1ccc(N(c2ccc(-c3ccc4ccccc4c3-c3ccc4c(c3)C3(c5ccccc5-c5ccccc53)c3ccccc3-4)cc2)c2cccc3c2-c2ccccc2C32c3ccccc3-c3ccccc32)cc1. The number of para-hydroxylation sites is 1. The molecule has 0 aliphatic heterocycles. The van der Waals surface area contributed by atoms with Crippen LogP contribution in [0.5, 0.6) is 0 Å².